The fraction of sp³-hybridized carbons (Fsp3) is 0.348. The zero-order chi connectivity index (χ0) is 23.8. The monoisotopic (exact) mass is 472 g/mol. The van der Waals surface area contributed by atoms with Gasteiger partial charge in [-0.15, -0.1) is 0 Å². The molecular formula is C23H28N4O5S. The smallest absolute Gasteiger partial charge is 0.338 e. The molecule has 0 bridgehead atoms. The SMILES string of the molecule is CCOC(=O)c1cccc(N(CC)CC(=O)Nc2cccc(S(=O)(=O)NC3=NCCC3)c2)c1. The number of likely N-dealkylation sites (N-methyl/N-ethyl adjacent to an activating group) is 1. The molecule has 0 radical (unpaired) electrons. The number of carbonyl (C=O) groups is 2. The minimum Gasteiger partial charge on any atom is -0.462 e. The predicted octanol–water partition coefficient (Wildman–Crippen LogP) is 2.80. The van der Waals surface area contributed by atoms with Gasteiger partial charge in [0.15, 0.2) is 0 Å². The van der Waals surface area contributed by atoms with Crippen LogP contribution in [0.1, 0.15) is 37.0 Å². The van der Waals surface area contributed by atoms with Crippen molar-refractivity contribution in [2.45, 2.75) is 31.6 Å². The highest BCUT2D eigenvalue weighted by Gasteiger charge is 2.19. The lowest BCUT2D eigenvalue weighted by atomic mass is 10.2. The Labute approximate surface area is 193 Å². The fourth-order valence-electron chi connectivity index (χ4n) is 3.38. The number of amides is 1. The maximum absolute atomic E-state index is 12.7. The van der Waals surface area contributed by atoms with Crippen molar-refractivity contribution in [1.82, 2.24) is 4.72 Å². The second-order valence-corrected chi connectivity index (χ2v) is 9.08. The number of benzene rings is 2. The number of hydrogen-bond acceptors (Lipinski definition) is 7. The molecule has 0 saturated heterocycles. The van der Waals surface area contributed by atoms with Crippen molar-refractivity contribution in [3.05, 3.63) is 54.1 Å². The van der Waals surface area contributed by atoms with E-state index in [1.165, 1.54) is 12.1 Å². The Morgan fingerprint density at radius 1 is 1.12 bits per heavy atom. The van der Waals surface area contributed by atoms with E-state index in [4.69, 9.17) is 4.74 Å². The van der Waals surface area contributed by atoms with Crippen molar-refractivity contribution < 1.29 is 22.7 Å². The molecule has 0 saturated carbocycles. The minimum atomic E-state index is -3.78. The number of esters is 1. The average molecular weight is 473 g/mol. The number of nitrogens with zero attached hydrogens (tertiary/aromatic N) is 2. The molecular weight excluding hydrogens is 444 g/mol. The summed E-state index contributed by atoms with van der Waals surface area (Å²) in [6.07, 6.45) is 1.42. The molecule has 0 aliphatic carbocycles. The Balaban J connectivity index is 1.68. The van der Waals surface area contributed by atoms with Crippen LogP contribution in [-0.2, 0) is 19.6 Å². The Bertz CT molecular complexity index is 1150. The number of sulfonamides is 1. The van der Waals surface area contributed by atoms with E-state index in [9.17, 15) is 18.0 Å². The summed E-state index contributed by atoms with van der Waals surface area (Å²) in [6, 6.07) is 13.0. The first-order valence-electron chi connectivity index (χ1n) is 10.8. The van der Waals surface area contributed by atoms with E-state index >= 15 is 0 Å². The lowest BCUT2D eigenvalue weighted by Gasteiger charge is -2.23. The zero-order valence-electron chi connectivity index (χ0n) is 18.7. The van der Waals surface area contributed by atoms with Crippen molar-refractivity contribution in [2.75, 3.05) is 36.5 Å². The summed E-state index contributed by atoms with van der Waals surface area (Å²) < 4.78 is 32.8. The van der Waals surface area contributed by atoms with E-state index in [0.717, 1.165) is 6.42 Å². The van der Waals surface area contributed by atoms with Crippen LogP contribution in [-0.4, -0.2) is 52.4 Å². The summed E-state index contributed by atoms with van der Waals surface area (Å²) >= 11 is 0. The lowest BCUT2D eigenvalue weighted by molar-refractivity contribution is -0.115. The third-order valence-electron chi connectivity index (χ3n) is 4.99. The van der Waals surface area contributed by atoms with Gasteiger partial charge < -0.3 is 15.0 Å². The number of nitrogens with one attached hydrogen (secondary N) is 2. The predicted molar refractivity (Wildman–Crippen MR) is 127 cm³/mol. The van der Waals surface area contributed by atoms with Gasteiger partial charge in [-0.3, -0.25) is 14.5 Å². The molecule has 33 heavy (non-hydrogen) atoms. The number of aliphatic imine (C=N–C) groups is 1. The summed E-state index contributed by atoms with van der Waals surface area (Å²) in [5.74, 6) is -0.288. The van der Waals surface area contributed by atoms with Crippen LogP contribution in [0.25, 0.3) is 0 Å². The van der Waals surface area contributed by atoms with Crippen LogP contribution < -0.4 is 14.9 Å². The van der Waals surface area contributed by atoms with E-state index in [0.29, 0.717) is 42.3 Å². The van der Waals surface area contributed by atoms with Gasteiger partial charge in [-0.1, -0.05) is 12.1 Å². The Morgan fingerprint density at radius 3 is 2.61 bits per heavy atom. The standard InChI is InChI=1S/C23H28N4O5S/c1-3-27(19-10-5-8-17(14-19)23(29)32-4-2)16-22(28)25-18-9-6-11-20(15-18)33(30,31)26-21-12-7-13-24-21/h5-6,8-11,14-15H,3-4,7,12-13,16H2,1-2H3,(H,24,26)(H,25,28). The first-order valence-corrected chi connectivity index (χ1v) is 12.3. The molecule has 0 spiro atoms. The van der Waals surface area contributed by atoms with Crippen LogP contribution in [0.2, 0.25) is 0 Å². The molecule has 1 heterocycles. The molecule has 1 aliphatic rings. The molecule has 9 nitrogen and oxygen atoms in total. The van der Waals surface area contributed by atoms with Crippen LogP contribution in [0.5, 0.6) is 0 Å². The first kappa shape index (κ1) is 24.2. The number of hydrogen-bond donors (Lipinski definition) is 2. The van der Waals surface area contributed by atoms with Crippen LogP contribution in [0.15, 0.2) is 58.4 Å². The molecule has 10 heteroatoms. The fourth-order valence-corrected chi connectivity index (χ4v) is 4.52. The second kappa shape index (κ2) is 11.0. The highest BCUT2D eigenvalue weighted by molar-refractivity contribution is 7.90. The molecule has 3 rings (SSSR count). The van der Waals surface area contributed by atoms with Gasteiger partial charge in [0.1, 0.15) is 5.84 Å². The van der Waals surface area contributed by atoms with E-state index < -0.39 is 16.0 Å². The molecule has 1 aliphatic heterocycles. The average Bonchev–Trinajstić information content (AvgIpc) is 3.30. The van der Waals surface area contributed by atoms with Gasteiger partial charge >= 0.3 is 5.97 Å². The van der Waals surface area contributed by atoms with Crippen LogP contribution in [0, 0.1) is 0 Å². The van der Waals surface area contributed by atoms with Crippen LogP contribution >= 0.6 is 0 Å². The summed E-state index contributed by atoms with van der Waals surface area (Å²) in [5, 5.41) is 2.75. The number of carbonyl (C=O) groups excluding carboxylic acids is 2. The van der Waals surface area contributed by atoms with E-state index in [1.807, 2.05) is 13.0 Å². The van der Waals surface area contributed by atoms with E-state index in [1.54, 1.807) is 42.2 Å². The van der Waals surface area contributed by atoms with Crippen LogP contribution in [0.3, 0.4) is 0 Å². The van der Waals surface area contributed by atoms with Crippen molar-refractivity contribution >= 4 is 39.1 Å². The van der Waals surface area contributed by atoms with E-state index in [-0.39, 0.29) is 24.0 Å². The maximum atomic E-state index is 12.7. The number of ether oxygens (including phenoxy) is 1. The summed E-state index contributed by atoms with van der Waals surface area (Å²) in [7, 11) is -3.78. The number of anilines is 2. The topological polar surface area (TPSA) is 117 Å². The molecule has 0 unspecified atom stereocenters. The molecule has 0 atom stereocenters. The van der Waals surface area contributed by atoms with Crippen molar-refractivity contribution in [1.29, 1.82) is 0 Å². The summed E-state index contributed by atoms with van der Waals surface area (Å²) in [6.45, 7) is 5.08. The molecule has 2 aromatic carbocycles. The molecule has 0 aromatic heterocycles. The maximum Gasteiger partial charge on any atom is 0.338 e. The number of rotatable bonds is 9. The van der Waals surface area contributed by atoms with Gasteiger partial charge in [-0.2, -0.15) is 0 Å². The van der Waals surface area contributed by atoms with Crippen molar-refractivity contribution in [3.63, 3.8) is 0 Å². The Hall–Kier alpha value is -3.40. The van der Waals surface area contributed by atoms with Crippen molar-refractivity contribution in [3.8, 4) is 0 Å². The summed E-state index contributed by atoms with van der Waals surface area (Å²) in [5.41, 5.74) is 1.48. The third kappa shape index (κ3) is 6.55. The third-order valence-corrected chi connectivity index (χ3v) is 6.37. The molecule has 1 amide bonds. The van der Waals surface area contributed by atoms with Gasteiger partial charge in [0.05, 0.1) is 23.6 Å². The van der Waals surface area contributed by atoms with Gasteiger partial charge in [0.25, 0.3) is 10.0 Å². The lowest BCUT2D eigenvalue weighted by Crippen LogP contribution is -2.33. The molecule has 2 aromatic rings. The minimum absolute atomic E-state index is 0.0226. The normalized spacial score (nSPS) is 13.2. The molecule has 176 valence electrons. The van der Waals surface area contributed by atoms with Gasteiger partial charge in [0.2, 0.25) is 5.91 Å². The number of amidine groups is 1. The summed E-state index contributed by atoms with van der Waals surface area (Å²) in [4.78, 5) is 30.7. The largest absolute Gasteiger partial charge is 0.462 e. The van der Waals surface area contributed by atoms with Crippen molar-refractivity contribution in [2.24, 2.45) is 4.99 Å². The Kier molecular flexibility index (Phi) is 8.05. The quantitative estimate of drug-likeness (QED) is 0.542. The highest BCUT2D eigenvalue weighted by atomic mass is 32.2. The van der Waals surface area contributed by atoms with Gasteiger partial charge in [-0.25, -0.2) is 13.2 Å². The van der Waals surface area contributed by atoms with Gasteiger partial charge in [-0.05, 0) is 56.7 Å². The second-order valence-electron chi connectivity index (χ2n) is 7.40. The molecule has 0 fully saturated rings. The van der Waals surface area contributed by atoms with Crippen LogP contribution in [0.4, 0.5) is 11.4 Å². The Morgan fingerprint density at radius 2 is 1.91 bits per heavy atom. The highest BCUT2D eigenvalue weighted by Crippen LogP contribution is 2.19. The molecule has 2 N–H and O–H groups in total. The van der Waals surface area contributed by atoms with E-state index in [2.05, 4.69) is 15.0 Å². The zero-order valence-corrected chi connectivity index (χ0v) is 19.5. The first-order chi connectivity index (χ1) is 15.8. The van der Waals surface area contributed by atoms with Gasteiger partial charge in [0, 0.05) is 30.9 Å².